The Morgan fingerprint density at radius 1 is 0.953 bits per heavy atom. The maximum atomic E-state index is 13.7. The van der Waals surface area contributed by atoms with Crippen LogP contribution >= 0.6 is 11.3 Å². The van der Waals surface area contributed by atoms with Crippen LogP contribution in [0.4, 0.5) is 11.5 Å². The summed E-state index contributed by atoms with van der Waals surface area (Å²) in [5.74, 6) is 0.333. The molecule has 1 aromatic carbocycles. The number of carbonyl (C=O) groups excluding carboxylic acids is 3. The molecule has 1 saturated carbocycles. The number of aromatic nitrogens is 1. The van der Waals surface area contributed by atoms with E-state index in [1.54, 1.807) is 47.5 Å². The fourth-order valence-corrected chi connectivity index (χ4v) is 6.37. The highest BCUT2D eigenvalue weighted by molar-refractivity contribution is 7.15. The molecular formula is C34H35N5O3S. The third-order valence-corrected chi connectivity index (χ3v) is 9.03. The first-order valence-electron chi connectivity index (χ1n) is 14.8. The van der Waals surface area contributed by atoms with E-state index in [0.29, 0.717) is 46.5 Å². The zero-order valence-corrected chi connectivity index (χ0v) is 25.0. The molecule has 43 heavy (non-hydrogen) atoms. The van der Waals surface area contributed by atoms with E-state index in [4.69, 9.17) is 0 Å². The van der Waals surface area contributed by atoms with Gasteiger partial charge in [0.05, 0.1) is 10.4 Å². The van der Waals surface area contributed by atoms with Gasteiger partial charge in [0.15, 0.2) is 0 Å². The summed E-state index contributed by atoms with van der Waals surface area (Å²) in [5.41, 5.74) is 3.54. The van der Waals surface area contributed by atoms with Gasteiger partial charge in [-0.2, -0.15) is 0 Å². The highest BCUT2D eigenvalue weighted by Crippen LogP contribution is 2.28. The largest absolute Gasteiger partial charge is 0.356 e. The Balaban J connectivity index is 1.16. The number of amides is 3. The van der Waals surface area contributed by atoms with Gasteiger partial charge in [-0.3, -0.25) is 14.4 Å². The summed E-state index contributed by atoms with van der Waals surface area (Å²) in [7, 11) is 0. The molecule has 3 aliphatic rings. The molecule has 1 saturated heterocycles. The Morgan fingerprint density at radius 2 is 1.74 bits per heavy atom. The number of thiophene rings is 1. The second-order valence-corrected chi connectivity index (χ2v) is 12.2. The van der Waals surface area contributed by atoms with E-state index in [1.807, 2.05) is 43.4 Å². The van der Waals surface area contributed by atoms with Crippen molar-refractivity contribution >= 4 is 46.6 Å². The maximum absolute atomic E-state index is 13.7. The lowest BCUT2D eigenvalue weighted by Crippen LogP contribution is -2.31. The summed E-state index contributed by atoms with van der Waals surface area (Å²) in [6, 6.07) is 12.8. The summed E-state index contributed by atoms with van der Waals surface area (Å²) < 4.78 is 0. The van der Waals surface area contributed by atoms with E-state index in [0.717, 1.165) is 54.9 Å². The topological polar surface area (TPSA) is 94.6 Å². The number of hydrogen-bond acceptors (Lipinski definition) is 6. The molecule has 4 heterocycles. The van der Waals surface area contributed by atoms with Gasteiger partial charge in [-0.1, -0.05) is 18.2 Å². The first kappa shape index (κ1) is 28.6. The molecule has 0 spiro atoms. The van der Waals surface area contributed by atoms with E-state index in [-0.39, 0.29) is 17.7 Å². The van der Waals surface area contributed by atoms with Crippen LogP contribution in [0, 0.1) is 0 Å². The van der Waals surface area contributed by atoms with Crippen molar-refractivity contribution in [3.8, 4) is 0 Å². The lowest BCUT2D eigenvalue weighted by atomic mass is 10.1. The standard InChI is InChI=1S/C34H35N5O3S/c1-23-8-3-2-4-10-29-25(22-30(43-29)33(41)37-27-15-16-27)17-21-39(23)34(42)24-11-13-26(14-12-24)36-32(40)28-9-7-18-35-31(28)38-19-5-6-20-38/h2-4,7-14,18,22,27H,5-6,15-17,19-21H2,1H3,(H,36,40)(H,37,41)/b3-2-,10-4+,23-8+. The van der Waals surface area contributed by atoms with Crippen LogP contribution in [0.2, 0.25) is 0 Å². The summed E-state index contributed by atoms with van der Waals surface area (Å²) in [5, 5.41) is 6.04. The van der Waals surface area contributed by atoms with Crippen molar-refractivity contribution in [3.63, 3.8) is 0 Å². The average Bonchev–Trinajstić information content (AvgIpc) is 3.48. The van der Waals surface area contributed by atoms with Gasteiger partial charge < -0.3 is 20.4 Å². The third-order valence-electron chi connectivity index (χ3n) is 7.89. The van der Waals surface area contributed by atoms with Crippen LogP contribution in [-0.4, -0.2) is 53.3 Å². The van der Waals surface area contributed by atoms with Gasteiger partial charge in [-0.25, -0.2) is 4.98 Å². The minimum Gasteiger partial charge on any atom is -0.356 e. The second-order valence-electron chi connectivity index (χ2n) is 11.1. The quantitative estimate of drug-likeness (QED) is 0.362. The van der Waals surface area contributed by atoms with Crippen molar-refractivity contribution < 1.29 is 14.4 Å². The van der Waals surface area contributed by atoms with E-state index in [2.05, 4.69) is 20.5 Å². The van der Waals surface area contributed by atoms with Crippen LogP contribution in [-0.2, 0) is 6.42 Å². The van der Waals surface area contributed by atoms with Gasteiger partial charge in [-0.05, 0) is 99.2 Å². The number of fused-ring (bicyclic) bond motifs is 1. The molecule has 6 rings (SSSR count). The minimum absolute atomic E-state index is 0.0250. The van der Waals surface area contributed by atoms with E-state index < -0.39 is 0 Å². The molecule has 2 aromatic heterocycles. The second kappa shape index (κ2) is 12.8. The molecule has 220 valence electrons. The van der Waals surface area contributed by atoms with Crippen molar-refractivity contribution in [2.75, 3.05) is 29.9 Å². The number of pyridine rings is 1. The molecule has 3 amide bonds. The number of rotatable bonds is 6. The molecule has 2 N–H and O–H groups in total. The van der Waals surface area contributed by atoms with Gasteiger partial charge in [0.1, 0.15) is 5.82 Å². The number of carbonyl (C=O) groups is 3. The van der Waals surface area contributed by atoms with Gasteiger partial charge in [0, 0.05) is 53.7 Å². The van der Waals surface area contributed by atoms with Gasteiger partial charge in [-0.15, -0.1) is 11.3 Å². The fourth-order valence-electron chi connectivity index (χ4n) is 5.34. The Labute approximate surface area is 255 Å². The lowest BCUT2D eigenvalue weighted by molar-refractivity contribution is 0.0806. The zero-order valence-electron chi connectivity index (χ0n) is 24.2. The van der Waals surface area contributed by atoms with Crippen molar-refractivity contribution in [1.29, 1.82) is 0 Å². The smallest absolute Gasteiger partial charge is 0.261 e. The Morgan fingerprint density at radius 3 is 2.51 bits per heavy atom. The number of benzene rings is 1. The molecule has 2 aliphatic heterocycles. The maximum Gasteiger partial charge on any atom is 0.261 e. The molecule has 9 heteroatoms. The zero-order chi connectivity index (χ0) is 29.8. The predicted molar refractivity (Wildman–Crippen MR) is 172 cm³/mol. The van der Waals surface area contributed by atoms with Crippen LogP contribution in [0.25, 0.3) is 6.08 Å². The first-order chi connectivity index (χ1) is 21.0. The Kier molecular flexibility index (Phi) is 8.51. The fraction of sp³-hybridized carbons (Fsp3) is 0.294. The van der Waals surface area contributed by atoms with E-state index in [9.17, 15) is 14.4 Å². The van der Waals surface area contributed by atoms with Crippen LogP contribution in [0.3, 0.4) is 0 Å². The number of allylic oxidation sites excluding steroid dienone is 5. The van der Waals surface area contributed by atoms with Crippen molar-refractivity contribution in [2.24, 2.45) is 0 Å². The molecule has 0 radical (unpaired) electrons. The van der Waals surface area contributed by atoms with Crippen LogP contribution in [0.5, 0.6) is 0 Å². The Hall–Kier alpha value is -4.50. The molecular weight excluding hydrogens is 558 g/mol. The number of nitrogens with zero attached hydrogens (tertiary/aromatic N) is 3. The molecule has 2 fully saturated rings. The highest BCUT2D eigenvalue weighted by atomic mass is 32.1. The average molecular weight is 594 g/mol. The predicted octanol–water partition coefficient (Wildman–Crippen LogP) is 6.06. The normalized spacial score (nSPS) is 19.4. The first-order valence-corrected chi connectivity index (χ1v) is 15.7. The van der Waals surface area contributed by atoms with E-state index >= 15 is 0 Å². The summed E-state index contributed by atoms with van der Waals surface area (Å²) >= 11 is 1.48. The third kappa shape index (κ3) is 6.78. The van der Waals surface area contributed by atoms with E-state index in [1.165, 1.54) is 11.3 Å². The molecule has 8 nitrogen and oxygen atoms in total. The van der Waals surface area contributed by atoms with Crippen LogP contribution in [0.15, 0.2) is 78.7 Å². The van der Waals surface area contributed by atoms with Gasteiger partial charge in [0.2, 0.25) is 0 Å². The molecule has 0 atom stereocenters. The molecule has 0 bridgehead atoms. The molecule has 1 aliphatic carbocycles. The molecule has 3 aromatic rings. The number of anilines is 2. The van der Waals surface area contributed by atoms with Crippen LogP contribution < -0.4 is 15.5 Å². The summed E-state index contributed by atoms with van der Waals surface area (Å²) in [6.07, 6.45) is 16.4. The van der Waals surface area contributed by atoms with Crippen LogP contribution in [0.1, 0.15) is 73.4 Å². The highest BCUT2D eigenvalue weighted by Gasteiger charge is 2.26. The number of nitrogens with one attached hydrogen (secondary N) is 2. The Bertz CT molecular complexity index is 1610. The summed E-state index contributed by atoms with van der Waals surface area (Å²) in [4.78, 5) is 49.7. The number of hydrogen-bond donors (Lipinski definition) is 2. The lowest BCUT2D eigenvalue weighted by Gasteiger charge is -2.24. The minimum atomic E-state index is -0.225. The molecule has 0 unspecified atom stereocenters. The van der Waals surface area contributed by atoms with Gasteiger partial charge >= 0.3 is 0 Å². The summed E-state index contributed by atoms with van der Waals surface area (Å²) in [6.45, 7) is 4.19. The monoisotopic (exact) mass is 593 g/mol. The van der Waals surface area contributed by atoms with Crippen molar-refractivity contribution in [1.82, 2.24) is 15.2 Å². The SMILES string of the molecule is C\C1=C/C=C\C=C\c2sc(C(=O)NC3CC3)cc2CCN1C(=O)c1ccc(NC(=O)c2cccnc2N2CCCC2)cc1. The van der Waals surface area contributed by atoms with Crippen molar-refractivity contribution in [3.05, 3.63) is 105 Å². The van der Waals surface area contributed by atoms with Crippen molar-refractivity contribution in [2.45, 2.75) is 45.1 Å². The van der Waals surface area contributed by atoms with Gasteiger partial charge in [0.25, 0.3) is 17.7 Å².